The van der Waals surface area contributed by atoms with E-state index in [1.165, 1.54) is 62.6 Å². The van der Waals surface area contributed by atoms with Crippen LogP contribution < -0.4 is 0 Å². The van der Waals surface area contributed by atoms with Crippen molar-refractivity contribution in [3.63, 3.8) is 0 Å². The van der Waals surface area contributed by atoms with Crippen LogP contribution in [0.4, 0.5) is 0 Å². The first kappa shape index (κ1) is 16.1. The highest BCUT2D eigenvalue weighted by atomic mass is 32.2. The molecule has 24 heavy (non-hydrogen) atoms. The molecule has 2 aliphatic rings. The van der Waals surface area contributed by atoms with Crippen LogP contribution in [0.5, 0.6) is 0 Å². The highest BCUT2D eigenvalue weighted by Crippen LogP contribution is 2.35. The van der Waals surface area contributed by atoms with Crippen LogP contribution in [0.15, 0.2) is 23.6 Å². The van der Waals surface area contributed by atoms with E-state index in [1.54, 1.807) is 0 Å². The van der Waals surface area contributed by atoms with Crippen molar-refractivity contribution in [3.8, 4) is 11.3 Å². The Balaban J connectivity index is 1.54. The first-order valence-corrected chi connectivity index (χ1v) is 10.2. The van der Waals surface area contributed by atoms with Crippen LogP contribution in [0.2, 0.25) is 0 Å². The fourth-order valence-electron chi connectivity index (χ4n) is 3.77. The molecule has 0 unspecified atom stereocenters. The molecule has 0 bridgehead atoms. The fraction of sp³-hybridized carbons (Fsp3) is 0.632. The van der Waals surface area contributed by atoms with Crippen molar-refractivity contribution < 1.29 is 0 Å². The zero-order valence-corrected chi connectivity index (χ0v) is 15.3. The van der Waals surface area contributed by atoms with Gasteiger partial charge in [0.1, 0.15) is 0 Å². The predicted molar refractivity (Wildman–Crippen MR) is 98.0 cm³/mol. The van der Waals surface area contributed by atoms with Crippen molar-refractivity contribution in [2.75, 3.05) is 0 Å². The topological polar surface area (TPSA) is 43.6 Å². The van der Waals surface area contributed by atoms with Crippen LogP contribution in [0, 0.1) is 5.92 Å². The van der Waals surface area contributed by atoms with Crippen molar-refractivity contribution in [1.29, 1.82) is 0 Å². The molecule has 0 N–H and O–H groups in total. The van der Waals surface area contributed by atoms with E-state index in [4.69, 9.17) is 4.98 Å². The lowest BCUT2D eigenvalue weighted by Crippen LogP contribution is -2.16. The summed E-state index contributed by atoms with van der Waals surface area (Å²) in [4.78, 5) is 9.37. The summed E-state index contributed by atoms with van der Waals surface area (Å²) in [6.07, 6.45) is 15.8. The zero-order chi connectivity index (χ0) is 16.4. The van der Waals surface area contributed by atoms with E-state index >= 15 is 0 Å². The largest absolute Gasteiger partial charge is 0.272 e. The molecule has 4 nitrogen and oxygen atoms in total. The average Bonchev–Trinajstić information content (AvgIpc) is 2.93. The Morgan fingerprint density at radius 1 is 1.12 bits per heavy atom. The van der Waals surface area contributed by atoms with Gasteiger partial charge in [0, 0.05) is 29.8 Å². The minimum Gasteiger partial charge on any atom is -0.272 e. The summed E-state index contributed by atoms with van der Waals surface area (Å²) in [5.41, 5.74) is 3.55. The maximum Gasteiger partial charge on any atom is 0.188 e. The Morgan fingerprint density at radius 3 is 2.71 bits per heavy atom. The summed E-state index contributed by atoms with van der Waals surface area (Å²) < 4.78 is 2.03. The Morgan fingerprint density at radius 2 is 1.96 bits per heavy atom. The van der Waals surface area contributed by atoms with Crippen molar-refractivity contribution >= 4 is 11.8 Å². The number of thioether (sulfide) groups is 1. The molecule has 5 heteroatoms. The summed E-state index contributed by atoms with van der Waals surface area (Å²) in [6.45, 7) is 0. The molecule has 4 rings (SSSR count). The molecule has 0 aliphatic heterocycles. The first-order chi connectivity index (χ1) is 11.8. The van der Waals surface area contributed by atoms with E-state index in [2.05, 4.69) is 17.1 Å². The molecular formula is C19H26N4S. The van der Waals surface area contributed by atoms with Gasteiger partial charge in [-0.15, -0.1) is 0 Å². The monoisotopic (exact) mass is 342 g/mol. The summed E-state index contributed by atoms with van der Waals surface area (Å²) in [5, 5.41) is 6.12. The van der Waals surface area contributed by atoms with Crippen LogP contribution in [0.1, 0.15) is 57.1 Å². The molecule has 0 spiro atoms. The van der Waals surface area contributed by atoms with E-state index in [0.29, 0.717) is 5.25 Å². The summed E-state index contributed by atoms with van der Waals surface area (Å²) in [5.74, 6) is 0.831. The third-order valence-electron chi connectivity index (χ3n) is 5.50. The predicted octanol–water partition coefficient (Wildman–Crippen LogP) is 4.64. The second-order valence-electron chi connectivity index (χ2n) is 7.23. The van der Waals surface area contributed by atoms with Crippen molar-refractivity contribution in [2.24, 2.45) is 13.0 Å². The molecule has 0 amide bonds. The maximum absolute atomic E-state index is 4.86. The Kier molecular flexibility index (Phi) is 4.88. The van der Waals surface area contributed by atoms with Gasteiger partial charge in [-0.1, -0.05) is 50.3 Å². The van der Waals surface area contributed by atoms with Crippen LogP contribution in [-0.2, 0) is 13.5 Å². The van der Waals surface area contributed by atoms with Gasteiger partial charge in [0.25, 0.3) is 0 Å². The second-order valence-corrected chi connectivity index (χ2v) is 8.50. The standard InChI is InChI=1S/C19H26N4S/c1-23-18(12-14-6-5-7-14)16(13-21-23)17-10-11-20-19(22-17)24-15-8-3-2-4-9-15/h10-11,13-15H,2-9,12H2,1H3. The second kappa shape index (κ2) is 7.26. The number of aromatic nitrogens is 4. The van der Waals surface area contributed by atoms with Crippen LogP contribution >= 0.6 is 11.8 Å². The van der Waals surface area contributed by atoms with Gasteiger partial charge < -0.3 is 0 Å². The van der Waals surface area contributed by atoms with Crippen LogP contribution in [0.25, 0.3) is 11.3 Å². The molecule has 2 aromatic heterocycles. The molecular weight excluding hydrogens is 316 g/mol. The van der Waals surface area contributed by atoms with Gasteiger partial charge in [0.05, 0.1) is 11.9 Å². The third-order valence-corrected chi connectivity index (χ3v) is 6.71. The molecule has 128 valence electrons. The smallest absolute Gasteiger partial charge is 0.188 e. The van der Waals surface area contributed by atoms with Crippen molar-refractivity contribution in [3.05, 3.63) is 24.2 Å². The number of aryl methyl sites for hydroxylation is 1. The van der Waals surface area contributed by atoms with Gasteiger partial charge in [-0.05, 0) is 31.2 Å². The molecule has 2 saturated carbocycles. The molecule has 0 radical (unpaired) electrons. The maximum atomic E-state index is 4.86. The van der Waals surface area contributed by atoms with E-state index in [1.807, 2.05) is 34.9 Å². The van der Waals surface area contributed by atoms with E-state index in [-0.39, 0.29) is 0 Å². The SMILES string of the molecule is Cn1ncc(-c2ccnc(SC3CCCCC3)n2)c1CC1CCC1. The van der Waals surface area contributed by atoms with Gasteiger partial charge in [-0.3, -0.25) is 4.68 Å². The van der Waals surface area contributed by atoms with Gasteiger partial charge in [-0.2, -0.15) is 5.10 Å². The number of hydrogen-bond acceptors (Lipinski definition) is 4. The summed E-state index contributed by atoms with van der Waals surface area (Å²) in [6, 6.07) is 2.03. The van der Waals surface area contributed by atoms with Crippen molar-refractivity contribution in [2.45, 2.75) is 68.2 Å². The molecule has 0 aromatic carbocycles. The first-order valence-electron chi connectivity index (χ1n) is 9.30. The zero-order valence-electron chi connectivity index (χ0n) is 14.4. The Hall–Kier alpha value is -1.36. The lowest BCUT2D eigenvalue weighted by molar-refractivity contribution is 0.309. The highest BCUT2D eigenvalue weighted by Gasteiger charge is 2.23. The molecule has 2 aromatic rings. The number of hydrogen-bond donors (Lipinski definition) is 0. The molecule has 0 saturated heterocycles. The van der Waals surface area contributed by atoms with Gasteiger partial charge in [0.15, 0.2) is 5.16 Å². The molecule has 0 atom stereocenters. The molecule has 2 fully saturated rings. The normalized spacial score (nSPS) is 19.4. The summed E-state index contributed by atoms with van der Waals surface area (Å²) >= 11 is 1.87. The van der Waals surface area contributed by atoms with Crippen LogP contribution in [0.3, 0.4) is 0 Å². The number of nitrogens with zero attached hydrogens (tertiary/aromatic N) is 4. The van der Waals surface area contributed by atoms with Crippen LogP contribution in [-0.4, -0.2) is 25.0 Å². The minimum absolute atomic E-state index is 0.692. The number of rotatable bonds is 5. The van der Waals surface area contributed by atoms with Crippen molar-refractivity contribution in [1.82, 2.24) is 19.7 Å². The Bertz CT molecular complexity index is 686. The molecule has 2 aliphatic carbocycles. The molecule has 2 heterocycles. The fourth-order valence-corrected chi connectivity index (χ4v) is 4.91. The average molecular weight is 343 g/mol. The van der Waals surface area contributed by atoms with Gasteiger partial charge in [-0.25, -0.2) is 9.97 Å². The van der Waals surface area contributed by atoms with Gasteiger partial charge >= 0.3 is 0 Å². The third kappa shape index (κ3) is 3.51. The van der Waals surface area contributed by atoms with E-state index in [0.717, 1.165) is 23.2 Å². The van der Waals surface area contributed by atoms with E-state index < -0.39 is 0 Å². The van der Waals surface area contributed by atoms with Gasteiger partial charge in [0.2, 0.25) is 0 Å². The lowest BCUT2D eigenvalue weighted by Gasteiger charge is -2.25. The van der Waals surface area contributed by atoms with E-state index in [9.17, 15) is 0 Å². The Labute approximate surface area is 148 Å². The lowest BCUT2D eigenvalue weighted by atomic mass is 9.81. The minimum atomic E-state index is 0.692. The highest BCUT2D eigenvalue weighted by molar-refractivity contribution is 7.99. The quantitative estimate of drug-likeness (QED) is 0.742. The summed E-state index contributed by atoms with van der Waals surface area (Å²) in [7, 11) is 2.05.